The van der Waals surface area contributed by atoms with Crippen LogP contribution in [0.1, 0.15) is 17.4 Å². The summed E-state index contributed by atoms with van der Waals surface area (Å²) < 4.78 is 28.3. The van der Waals surface area contributed by atoms with Crippen molar-refractivity contribution in [1.29, 1.82) is 0 Å². The van der Waals surface area contributed by atoms with Crippen molar-refractivity contribution in [3.63, 3.8) is 0 Å². The quantitative estimate of drug-likeness (QED) is 0.207. The van der Waals surface area contributed by atoms with Crippen molar-refractivity contribution in [2.75, 3.05) is 44.4 Å². The van der Waals surface area contributed by atoms with Crippen LogP contribution in [0.5, 0.6) is 11.5 Å². The van der Waals surface area contributed by atoms with E-state index < -0.39 is 17.0 Å². The molecule has 12 nitrogen and oxygen atoms in total. The van der Waals surface area contributed by atoms with Gasteiger partial charge in [0.1, 0.15) is 34.3 Å². The van der Waals surface area contributed by atoms with Gasteiger partial charge in [0.15, 0.2) is 11.1 Å². The van der Waals surface area contributed by atoms with E-state index in [0.29, 0.717) is 40.4 Å². The number of primary amides is 1. The van der Waals surface area contributed by atoms with E-state index in [-0.39, 0.29) is 28.7 Å². The highest BCUT2D eigenvalue weighted by Crippen LogP contribution is 2.37. The van der Waals surface area contributed by atoms with Crippen molar-refractivity contribution < 1.29 is 18.3 Å². The molecule has 2 unspecified atom stereocenters. The molecule has 41 heavy (non-hydrogen) atoms. The fraction of sp³-hybridized carbons (Fsp3) is 0.321. The molecule has 0 aliphatic carbocycles. The Balaban J connectivity index is 1.64. The van der Waals surface area contributed by atoms with Crippen LogP contribution in [-0.4, -0.2) is 84.4 Å². The zero-order valence-corrected chi connectivity index (χ0v) is 23.7. The minimum atomic E-state index is -2.06. The number of para-hydroxylation sites is 1. The number of ether oxygens (including phenoxy) is 1. The first-order chi connectivity index (χ1) is 19.7. The predicted molar refractivity (Wildman–Crippen MR) is 159 cm³/mol. The maximum atomic E-state index is 13.6. The molecule has 5 rings (SSSR count). The van der Waals surface area contributed by atoms with E-state index in [2.05, 4.69) is 34.1 Å². The van der Waals surface area contributed by atoms with Crippen molar-refractivity contribution in [1.82, 2.24) is 24.6 Å². The lowest BCUT2D eigenvalue weighted by molar-refractivity contribution is 0.0996. The van der Waals surface area contributed by atoms with Gasteiger partial charge in [-0.15, -0.1) is 0 Å². The second-order valence-corrected chi connectivity index (χ2v) is 11.1. The maximum Gasteiger partial charge on any atom is 0.291 e. The van der Waals surface area contributed by atoms with Crippen LogP contribution in [0.2, 0.25) is 0 Å². The molecule has 3 heterocycles. The van der Waals surface area contributed by atoms with Gasteiger partial charge in [0.05, 0.1) is 6.54 Å². The first kappa shape index (κ1) is 28.5. The largest absolute Gasteiger partial charge is 0.457 e. The minimum Gasteiger partial charge on any atom is -0.457 e. The molecule has 0 bridgehead atoms. The molecule has 2 aromatic heterocycles. The van der Waals surface area contributed by atoms with Crippen molar-refractivity contribution in [2.24, 2.45) is 5.73 Å². The van der Waals surface area contributed by atoms with Gasteiger partial charge in [-0.3, -0.25) is 14.5 Å². The molecule has 2 atom stereocenters. The Kier molecular flexibility index (Phi) is 8.49. The van der Waals surface area contributed by atoms with Gasteiger partial charge >= 0.3 is 0 Å². The normalized spacial score (nSPS) is 16.0. The first-order valence-corrected chi connectivity index (χ1v) is 14.5. The van der Waals surface area contributed by atoms with E-state index in [0.717, 1.165) is 26.2 Å². The monoisotopic (exact) mass is 579 g/mol. The summed E-state index contributed by atoms with van der Waals surface area (Å²) in [4.78, 5) is 33.2. The first-order valence-electron chi connectivity index (χ1n) is 13.2. The summed E-state index contributed by atoms with van der Waals surface area (Å²) in [5, 5.41) is 8.15. The number of hydrogen-bond donors (Lipinski definition) is 4. The van der Waals surface area contributed by atoms with E-state index in [4.69, 9.17) is 15.6 Å². The fourth-order valence-corrected chi connectivity index (χ4v) is 5.21. The number of carbonyl (C=O) groups excluding carboxylic acids is 1. The Labute approximate surface area is 239 Å². The van der Waals surface area contributed by atoms with E-state index in [1.54, 1.807) is 18.2 Å². The van der Waals surface area contributed by atoms with Crippen LogP contribution < -0.4 is 21.3 Å². The molecule has 1 aliphatic heterocycles. The third-order valence-electron chi connectivity index (χ3n) is 7.21. The summed E-state index contributed by atoms with van der Waals surface area (Å²) in [6.45, 7) is 6.03. The number of carbonyl (C=O) groups is 1. The summed E-state index contributed by atoms with van der Waals surface area (Å²) in [6.07, 6.45) is 0. The van der Waals surface area contributed by atoms with E-state index in [9.17, 15) is 18.4 Å². The van der Waals surface area contributed by atoms with Gasteiger partial charge in [-0.1, -0.05) is 18.2 Å². The minimum absolute atomic E-state index is 0.0253. The van der Waals surface area contributed by atoms with Gasteiger partial charge in [0.2, 0.25) is 0 Å². The summed E-state index contributed by atoms with van der Waals surface area (Å²) in [7, 11) is 2.09. The van der Waals surface area contributed by atoms with Crippen molar-refractivity contribution in [3.05, 3.63) is 70.6 Å². The van der Waals surface area contributed by atoms with Crippen LogP contribution in [0, 0.1) is 0 Å². The molecule has 5 N–H and O–H groups in total. The fourth-order valence-electron chi connectivity index (χ4n) is 4.92. The molecule has 1 saturated heterocycles. The summed E-state index contributed by atoms with van der Waals surface area (Å²) >= 11 is -2.06. The highest BCUT2D eigenvalue weighted by Gasteiger charge is 2.24. The molecular weight excluding hydrogens is 546 g/mol. The van der Waals surface area contributed by atoms with Gasteiger partial charge in [-0.2, -0.15) is 5.10 Å². The zero-order valence-electron chi connectivity index (χ0n) is 22.9. The number of fused-ring (bicyclic) bond motifs is 1. The molecule has 4 aromatic rings. The molecule has 0 spiro atoms. The number of nitrogens with one attached hydrogen (secondary N) is 2. The number of likely N-dealkylation sites (N-methyl/N-ethyl adjacent to an activating group) is 1. The van der Waals surface area contributed by atoms with Crippen molar-refractivity contribution >= 4 is 33.6 Å². The second-order valence-electron chi connectivity index (χ2n) is 10.1. The molecule has 1 aliphatic rings. The maximum absolute atomic E-state index is 13.6. The number of hydrogen-bond acceptors (Lipinski definition) is 8. The lowest BCUT2D eigenvalue weighted by atomic mass is 10.1. The average molecular weight is 580 g/mol. The smallest absolute Gasteiger partial charge is 0.291 e. The number of rotatable bonds is 10. The third kappa shape index (κ3) is 6.49. The summed E-state index contributed by atoms with van der Waals surface area (Å²) in [5.74, 6) is 0.149. The number of aromatic amines is 1. The van der Waals surface area contributed by atoms with Crippen molar-refractivity contribution in [3.8, 4) is 22.8 Å². The van der Waals surface area contributed by atoms with Crippen LogP contribution in [0.25, 0.3) is 22.2 Å². The van der Waals surface area contributed by atoms with Gasteiger partial charge in [-0.25, -0.2) is 8.89 Å². The molecule has 13 heteroatoms. The molecule has 216 valence electrons. The second kappa shape index (κ2) is 12.2. The zero-order chi connectivity index (χ0) is 29.1. The van der Waals surface area contributed by atoms with Crippen LogP contribution in [0.3, 0.4) is 0 Å². The summed E-state index contributed by atoms with van der Waals surface area (Å²) in [5.41, 5.74) is 6.95. The van der Waals surface area contributed by atoms with Crippen molar-refractivity contribution in [2.45, 2.75) is 19.5 Å². The Morgan fingerprint density at radius 1 is 1.17 bits per heavy atom. The van der Waals surface area contributed by atoms with Gasteiger partial charge in [-0.05, 0) is 50.4 Å². The Morgan fingerprint density at radius 3 is 2.59 bits per heavy atom. The van der Waals surface area contributed by atoms with Crippen LogP contribution in [0.15, 0.2) is 59.4 Å². The number of benzene rings is 2. The molecule has 1 fully saturated rings. The predicted octanol–water partition coefficient (Wildman–Crippen LogP) is 2.51. The number of anilines is 1. The molecule has 2 aromatic carbocycles. The lowest BCUT2D eigenvalue weighted by Gasteiger charge is -2.36. The van der Waals surface area contributed by atoms with Crippen LogP contribution in [0.4, 0.5) is 5.69 Å². The summed E-state index contributed by atoms with van der Waals surface area (Å²) in [6, 6.07) is 15.9. The number of aromatic nitrogens is 3. The Morgan fingerprint density at radius 2 is 1.90 bits per heavy atom. The topological polar surface area (TPSA) is 159 Å². The van der Waals surface area contributed by atoms with Gasteiger partial charge < -0.3 is 30.2 Å². The highest BCUT2D eigenvalue weighted by molar-refractivity contribution is 7.79. The van der Waals surface area contributed by atoms with E-state index in [1.165, 1.54) is 10.7 Å². The highest BCUT2D eigenvalue weighted by atomic mass is 32.2. The number of nitrogens with two attached hydrogens (primary N) is 1. The van der Waals surface area contributed by atoms with Gasteiger partial charge in [0.25, 0.3) is 11.5 Å². The number of amides is 1. The van der Waals surface area contributed by atoms with Crippen LogP contribution in [-0.2, 0) is 17.6 Å². The number of H-pyrrole nitrogens is 1. The number of nitrogens with zero attached hydrogens (tertiary/aromatic N) is 4. The molecule has 0 radical (unpaired) electrons. The van der Waals surface area contributed by atoms with E-state index in [1.807, 2.05) is 30.3 Å². The van der Waals surface area contributed by atoms with Crippen LogP contribution >= 0.6 is 0 Å². The Hall–Kier alpha value is -4.04. The third-order valence-corrected chi connectivity index (χ3v) is 7.60. The number of piperazine rings is 1. The molecule has 0 saturated carbocycles. The Bertz CT molecular complexity index is 1630. The average Bonchev–Trinajstić information content (AvgIpc) is 3.41. The van der Waals surface area contributed by atoms with Gasteiger partial charge in [0, 0.05) is 48.9 Å². The SMILES string of the molecule is CC(Cn1nc(-c2cc(NCS(=O)O)ccc2Oc2ccccc2)c2cc(C(N)=O)[nH]c2c1=O)N1CCN(C)CC1. The van der Waals surface area contributed by atoms with E-state index >= 15 is 0 Å². The molecule has 1 amide bonds. The molecular formula is C28H33N7O5S. The standard InChI is InChI=1S/C28H33N7O5S/c1-18(34-12-10-33(2)11-13-34)16-35-28(37)26-22(15-23(31-26)27(29)36)25(32-35)21-14-19(30-17-41(38)39)8-9-24(21)40-20-6-4-3-5-7-20/h3-9,14-15,18,30-31H,10-13,16-17H2,1-2H3,(H2,29,36)(H,38,39). The lowest BCUT2D eigenvalue weighted by Crippen LogP contribution is -2.50.